The van der Waals surface area contributed by atoms with Crippen LogP contribution in [0.1, 0.15) is 11.5 Å². The van der Waals surface area contributed by atoms with E-state index in [0.717, 1.165) is 6.08 Å². The monoisotopic (exact) mass is 299 g/mol. The van der Waals surface area contributed by atoms with Gasteiger partial charge in [0.1, 0.15) is 18.1 Å². The molecule has 2 rings (SSSR count). The van der Waals surface area contributed by atoms with E-state index in [9.17, 15) is 18.0 Å². The molecular formula is C14H12F3NO3. The molecule has 0 aliphatic rings. The van der Waals surface area contributed by atoms with Crippen molar-refractivity contribution in [2.45, 2.75) is 12.7 Å². The van der Waals surface area contributed by atoms with E-state index in [1.54, 1.807) is 18.2 Å². The first-order valence-corrected chi connectivity index (χ1v) is 6.04. The fourth-order valence-electron chi connectivity index (χ4n) is 1.66. The number of carbonyl (C=O) groups is 1. The molecule has 0 N–H and O–H groups in total. The molecule has 0 saturated carbocycles. The first-order valence-electron chi connectivity index (χ1n) is 6.04. The molecule has 0 aliphatic heterocycles. The van der Waals surface area contributed by atoms with Gasteiger partial charge in [0, 0.05) is 6.08 Å². The summed E-state index contributed by atoms with van der Waals surface area (Å²) in [5.74, 6) is -0.118. The van der Waals surface area contributed by atoms with Crippen LogP contribution >= 0.6 is 0 Å². The number of hydrogen-bond donors (Lipinski definition) is 0. The van der Waals surface area contributed by atoms with Crippen LogP contribution in [0.2, 0.25) is 0 Å². The van der Waals surface area contributed by atoms with Gasteiger partial charge >= 0.3 is 6.18 Å². The van der Waals surface area contributed by atoms with Crippen LogP contribution in [0.5, 0.6) is 0 Å². The highest BCUT2D eigenvalue weighted by molar-refractivity contribution is 5.91. The molecule has 0 radical (unpaired) electrons. The van der Waals surface area contributed by atoms with Gasteiger partial charge in [-0.15, -0.1) is 0 Å². The molecule has 2 heterocycles. The van der Waals surface area contributed by atoms with Crippen LogP contribution in [-0.2, 0) is 11.3 Å². The highest BCUT2D eigenvalue weighted by atomic mass is 19.4. The lowest BCUT2D eigenvalue weighted by Crippen LogP contribution is -2.37. The summed E-state index contributed by atoms with van der Waals surface area (Å²) in [6, 6.07) is 6.25. The van der Waals surface area contributed by atoms with Gasteiger partial charge in [0.15, 0.2) is 0 Å². The highest BCUT2D eigenvalue weighted by Crippen LogP contribution is 2.19. The highest BCUT2D eigenvalue weighted by Gasteiger charge is 2.32. The zero-order valence-electron chi connectivity index (χ0n) is 10.8. The normalized spacial score (nSPS) is 12.0. The standard InChI is InChI=1S/C14H12F3NO3/c15-14(16,17)10-18(9-12-4-2-8-21-12)13(19)6-5-11-3-1-7-20-11/h1-8H,9-10H2/b6-5-. The van der Waals surface area contributed by atoms with Crippen molar-refractivity contribution in [3.8, 4) is 0 Å². The van der Waals surface area contributed by atoms with Gasteiger partial charge in [0.2, 0.25) is 5.91 Å². The lowest BCUT2D eigenvalue weighted by Gasteiger charge is -2.21. The predicted molar refractivity (Wildman–Crippen MR) is 67.9 cm³/mol. The SMILES string of the molecule is O=C(/C=C\c1ccco1)N(Cc1ccco1)CC(F)(F)F. The van der Waals surface area contributed by atoms with E-state index in [2.05, 4.69) is 0 Å². The van der Waals surface area contributed by atoms with E-state index < -0.39 is 18.6 Å². The zero-order valence-corrected chi connectivity index (χ0v) is 10.8. The fraction of sp³-hybridized carbons (Fsp3) is 0.214. The maximum Gasteiger partial charge on any atom is 0.406 e. The van der Waals surface area contributed by atoms with Gasteiger partial charge < -0.3 is 13.7 Å². The molecule has 0 bridgehead atoms. The van der Waals surface area contributed by atoms with Gasteiger partial charge in [-0.3, -0.25) is 4.79 Å². The van der Waals surface area contributed by atoms with E-state index in [0.29, 0.717) is 10.7 Å². The maximum atomic E-state index is 12.5. The third kappa shape index (κ3) is 4.87. The smallest absolute Gasteiger partial charge is 0.406 e. The van der Waals surface area contributed by atoms with Gasteiger partial charge in [0.05, 0.1) is 19.1 Å². The predicted octanol–water partition coefficient (Wildman–Crippen LogP) is 3.48. The first kappa shape index (κ1) is 15.0. The van der Waals surface area contributed by atoms with Gasteiger partial charge in [0.25, 0.3) is 0 Å². The van der Waals surface area contributed by atoms with Crippen LogP contribution in [0.3, 0.4) is 0 Å². The Morgan fingerprint density at radius 2 is 1.90 bits per heavy atom. The largest absolute Gasteiger partial charge is 0.467 e. The van der Waals surface area contributed by atoms with Crippen LogP contribution in [-0.4, -0.2) is 23.5 Å². The lowest BCUT2D eigenvalue weighted by atomic mass is 10.3. The summed E-state index contributed by atoms with van der Waals surface area (Å²) in [6.45, 7) is -1.61. The Bertz CT molecular complexity index is 586. The molecule has 0 aromatic carbocycles. The van der Waals surface area contributed by atoms with Gasteiger partial charge in [-0.25, -0.2) is 0 Å². The molecular weight excluding hydrogens is 287 g/mol. The minimum absolute atomic E-state index is 0.256. The number of amides is 1. The summed E-state index contributed by atoms with van der Waals surface area (Å²) in [4.78, 5) is 12.5. The lowest BCUT2D eigenvalue weighted by molar-refractivity contribution is -0.159. The molecule has 7 heteroatoms. The van der Waals surface area contributed by atoms with Crippen molar-refractivity contribution in [1.29, 1.82) is 0 Å². The number of hydrogen-bond acceptors (Lipinski definition) is 3. The van der Waals surface area contributed by atoms with Crippen LogP contribution in [0, 0.1) is 0 Å². The van der Waals surface area contributed by atoms with Crippen molar-refractivity contribution in [2.75, 3.05) is 6.54 Å². The van der Waals surface area contributed by atoms with Crippen molar-refractivity contribution in [2.24, 2.45) is 0 Å². The summed E-state index contributed by atoms with van der Waals surface area (Å²) < 4.78 is 47.6. The Labute approximate surface area is 118 Å². The van der Waals surface area contributed by atoms with E-state index in [-0.39, 0.29) is 12.3 Å². The third-order valence-electron chi connectivity index (χ3n) is 2.54. The molecule has 21 heavy (non-hydrogen) atoms. The van der Waals surface area contributed by atoms with Crippen molar-refractivity contribution >= 4 is 12.0 Å². The number of nitrogens with zero attached hydrogens (tertiary/aromatic N) is 1. The Morgan fingerprint density at radius 1 is 1.19 bits per heavy atom. The second-order valence-corrected chi connectivity index (χ2v) is 4.24. The quantitative estimate of drug-likeness (QED) is 0.794. The zero-order chi connectivity index (χ0) is 15.3. The molecule has 0 spiro atoms. The molecule has 2 aromatic heterocycles. The maximum absolute atomic E-state index is 12.5. The number of alkyl halides is 3. The molecule has 1 amide bonds. The van der Waals surface area contributed by atoms with Gasteiger partial charge in [-0.1, -0.05) is 0 Å². The summed E-state index contributed by atoms with van der Waals surface area (Å²) in [7, 11) is 0. The van der Waals surface area contributed by atoms with E-state index in [1.165, 1.54) is 24.7 Å². The molecule has 2 aromatic rings. The Kier molecular flexibility index (Phi) is 4.52. The molecule has 0 aliphatic carbocycles. The minimum atomic E-state index is -4.49. The van der Waals surface area contributed by atoms with E-state index in [4.69, 9.17) is 8.83 Å². The summed E-state index contributed by atoms with van der Waals surface area (Å²) in [5, 5.41) is 0. The minimum Gasteiger partial charge on any atom is -0.467 e. The third-order valence-corrected chi connectivity index (χ3v) is 2.54. The number of carbonyl (C=O) groups excluding carboxylic acids is 1. The summed E-state index contributed by atoms with van der Waals surface area (Å²) in [6.07, 6.45) is 0.604. The van der Waals surface area contributed by atoms with Crippen molar-refractivity contribution in [3.05, 3.63) is 54.4 Å². The van der Waals surface area contributed by atoms with Crippen LogP contribution in [0.25, 0.3) is 6.08 Å². The molecule has 0 fully saturated rings. The van der Waals surface area contributed by atoms with Gasteiger partial charge in [-0.2, -0.15) is 13.2 Å². The molecule has 112 valence electrons. The van der Waals surface area contributed by atoms with Crippen LogP contribution in [0.15, 0.2) is 51.7 Å². The average molecular weight is 299 g/mol. The van der Waals surface area contributed by atoms with Gasteiger partial charge in [-0.05, 0) is 30.3 Å². The summed E-state index contributed by atoms with van der Waals surface area (Å²) >= 11 is 0. The number of rotatable bonds is 5. The Morgan fingerprint density at radius 3 is 2.48 bits per heavy atom. The molecule has 0 unspecified atom stereocenters. The molecule has 4 nitrogen and oxygen atoms in total. The Balaban J connectivity index is 2.08. The van der Waals surface area contributed by atoms with Crippen molar-refractivity contribution < 1.29 is 26.8 Å². The summed E-state index contributed by atoms with van der Waals surface area (Å²) in [5.41, 5.74) is 0. The molecule has 0 saturated heterocycles. The van der Waals surface area contributed by atoms with E-state index >= 15 is 0 Å². The second-order valence-electron chi connectivity index (χ2n) is 4.24. The second kappa shape index (κ2) is 6.34. The van der Waals surface area contributed by atoms with Crippen LogP contribution in [0.4, 0.5) is 13.2 Å². The molecule has 0 atom stereocenters. The van der Waals surface area contributed by atoms with Crippen molar-refractivity contribution in [1.82, 2.24) is 4.90 Å². The fourth-order valence-corrected chi connectivity index (χ4v) is 1.66. The first-order chi connectivity index (χ1) is 9.94. The van der Waals surface area contributed by atoms with Crippen molar-refractivity contribution in [3.63, 3.8) is 0 Å². The topological polar surface area (TPSA) is 46.6 Å². The average Bonchev–Trinajstić information content (AvgIpc) is 3.06. The Hall–Kier alpha value is -2.44. The van der Waals surface area contributed by atoms with Crippen LogP contribution < -0.4 is 0 Å². The van der Waals surface area contributed by atoms with E-state index in [1.807, 2.05) is 0 Å². The number of furan rings is 2. The number of halogens is 3.